The largest absolute Gasteiger partial charge is 0.465 e. The highest BCUT2D eigenvalue weighted by Gasteiger charge is 2.24. The number of ether oxygens (including phenoxy) is 3. The van der Waals surface area contributed by atoms with Crippen molar-refractivity contribution in [3.8, 4) is 0 Å². The van der Waals surface area contributed by atoms with E-state index in [-0.39, 0.29) is 24.2 Å². The minimum Gasteiger partial charge on any atom is -0.465 e. The van der Waals surface area contributed by atoms with Crippen LogP contribution in [0, 0.1) is 0 Å². The molecule has 0 heterocycles. The molecule has 1 N–H and O–H groups in total. The van der Waals surface area contributed by atoms with Crippen LogP contribution in [0.1, 0.15) is 52.9 Å². The Morgan fingerprint density at radius 1 is 1.29 bits per heavy atom. The van der Waals surface area contributed by atoms with Gasteiger partial charge in [-0.3, -0.25) is 4.79 Å². The van der Waals surface area contributed by atoms with Crippen LogP contribution in [0.3, 0.4) is 0 Å². The van der Waals surface area contributed by atoms with Gasteiger partial charge in [0, 0.05) is 19.8 Å². The molecule has 1 rings (SSSR count). The maximum absolute atomic E-state index is 11.9. The van der Waals surface area contributed by atoms with Gasteiger partial charge in [0.25, 0.3) is 0 Å². The second-order valence-corrected chi connectivity index (χ2v) is 5.93. The van der Waals surface area contributed by atoms with Crippen LogP contribution in [-0.4, -0.2) is 50.6 Å². The van der Waals surface area contributed by atoms with Crippen molar-refractivity contribution >= 4 is 5.97 Å². The Labute approximate surface area is 128 Å². The number of hydrogen-bond acceptors (Lipinski definition) is 5. The molecule has 0 aliphatic heterocycles. The van der Waals surface area contributed by atoms with Crippen molar-refractivity contribution in [3.05, 3.63) is 0 Å². The van der Waals surface area contributed by atoms with Gasteiger partial charge in [-0.15, -0.1) is 0 Å². The van der Waals surface area contributed by atoms with Gasteiger partial charge >= 0.3 is 5.97 Å². The third-order valence-electron chi connectivity index (χ3n) is 3.78. The molecule has 1 aliphatic carbocycles. The molecule has 0 amide bonds. The number of nitrogens with one attached hydrogen (secondary N) is 1. The number of carbonyl (C=O) groups excluding carboxylic acids is 1. The van der Waals surface area contributed by atoms with Crippen LogP contribution < -0.4 is 5.32 Å². The smallest absolute Gasteiger partial charge is 0.323 e. The Bertz CT molecular complexity index is 296. The molecular weight excluding hydrogens is 270 g/mol. The van der Waals surface area contributed by atoms with Crippen molar-refractivity contribution in [1.82, 2.24) is 5.32 Å². The lowest BCUT2D eigenvalue weighted by molar-refractivity contribution is -0.146. The molecule has 0 aromatic carbocycles. The normalized spacial score (nSPS) is 24.0. The summed E-state index contributed by atoms with van der Waals surface area (Å²) in [6, 6.07) is -0.0429. The van der Waals surface area contributed by atoms with Crippen LogP contribution in [0.25, 0.3) is 0 Å². The summed E-state index contributed by atoms with van der Waals surface area (Å²) in [7, 11) is 1.76. The molecule has 0 bridgehead atoms. The number of hydrogen-bond donors (Lipinski definition) is 1. The van der Waals surface area contributed by atoms with E-state index in [1.54, 1.807) is 7.11 Å². The first-order valence-electron chi connectivity index (χ1n) is 8.13. The lowest BCUT2D eigenvalue weighted by Gasteiger charge is -2.28. The molecule has 0 aromatic rings. The fourth-order valence-electron chi connectivity index (χ4n) is 2.73. The zero-order chi connectivity index (χ0) is 15.7. The van der Waals surface area contributed by atoms with Gasteiger partial charge in [-0.2, -0.15) is 0 Å². The number of rotatable bonds is 9. The molecular formula is C16H31NO4. The summed E-state index contributed by atoms with van der Waals surface area (Å²) in [5, 5.41) is 3.24. The minimum absolute atomic E-state index is 0.187. The predicted molar refractivity (Wildman–Crippen MR) is 82.3 cm³/mol. The molecule has 3 atom stereocenters. The molecule has 0 spiro atoms. The van der Waals surface area contributed by atoms with Crippen molar-refractivity contribution < 1.29 is 19.0 Å². The Kier molecular flexibility index (Phi) is 8.88. The molecule has 0 radical (unpaired) electrons. The highest BCUT2D eigenvalue weighted by molar-refractivity contribution is 5.75. The van der Waals surface area contributed by atoms with Crippen LogP contribution in [0.15, 0.2) is 0 Å². The van der Waals surface area contributed by atoms with Gasteiger partial charge < -0.3 is 19.5 Å². The Hall–Kier alpha value is -0.650. The monoisotopic (exact) mass is 301 g/mol. The molecule has 0 saturated heterocycles. The summed E-state index contributed by atoms with van der Waals surface area (Å²) in [6.07, 6.45) is 5.53. The Morgan fingerprint density at radius 3 is 2.62 bits per heavy atom. The molecule has 1 aliphatic rings. The summed E-state index contributed by atoms with van der Waals surface area (Å²) in [5.74, 6) is -0.187. The number of carbonyl (C=O) groups is 1. The fourth-order valence-corrected chi connectivity index (χ4v) is 2.73. The average molecular weight is 301 g/mol. The van der Waals surface area contributed by atoms with E-state index in [9.17, 15) is 4.79 Å². The van der Waals surface area contributed by atoms with E-state index in [1.807, 2.05) is 20.8 Å². The maximum Gasteiger partial charge on any atom is 0.323 e. The second-order valence-electron chi connectivity index (χ2n) is 5.93. The highest BCUT2D eigenvalue weighted by Crippen LogP contribution is 2.23. The van der Waals surface area contributed by atoms with Crippen LogP contribution in [0.5, 0.6) is 0 Å². The Balaban J connectivity index is 2.33. The summed E-state index contributed by atoms with van der Waals surface area (Å²) in [6.45, 7) is 6.86. The van der Waals surface area contributed by atoms with E-state index in [0.29, 0.717) is 25.7 Å². The van der Waals surface area contributed by atoms with Gasteiger partial charge in [0.2, 0.25) is 0 Å². The number of esters is 1. The van der Waals surface area contributed by atoms with Gasteiger partial charge in [-0.25, -0.2) is 0 Å². The average Bonchev–Trinajstić information content (AvgIpc) is 2.46. The van der Waals surface area contributed by atoms with Crippen molar-refractivity contribution in [2.24, 2.45) is 0 Å². The topological polar surface area (TPSA) is 56.8 Å². The maximum atomic E-state index is 11.9. The first kappa shape index (κ1) is 18.4. The third kappa shape index (κ3) is 7.25. The van der Waals surface area contributed by atoms with Gasteiger partial charge in [0.15, 0.2) is 0 Å². The van der Waals surface area contributed by atoms with Crippen molar-refractivity contribution in [3.63, 3.8) is 0 Å². The first-order chi connectivity index (χ1) is 10.1. The molecule has 5 heteroatoms. The van der Waals surface area contributed by atoms with Crippen molar-refractivity contribution in [1.29, 1.82) is 0 Å². The quantitative estimate of drug-likeness (QED) is 0.662. The van der Waals surface area contributed by atoms with Gasteiger partial charge in [0.1, 0.15) is 6.04 Å². The highest BCUT2D eigenvalue weighted by atomic mass is 16.5. The lowest BCUT2D eigenvalue weighted by atomic mass is 9.95. The lowest BCUT2D eigenvalue weighted by Crippen LogP contribution is -2.43. The van der Waals surface area contributed by atoms with Crippen LogP contribution in [-0.2, 0) is 19.0 Å². The minimum atomic E-state index is -0.285. The fraction of sp³-hybridized carbons (Fsp3) is 0.938. The first-order valence-corrected chi connectivity index (χ1v) is 8.13. The van der Waals surface area contributed by atoms with Crippen LogP contribution in [0.2, 0.25) is 0 Å². The van der Waals surface area contributed by atoms with Gasteiger partial charge in [-0.1, -0.05) is 13.8 Å². The van der Waals surface area contributed by atoms with E-state index in [1.165, 1.54) is 0 Å². The van der Waals surface area contributed by atoms with Gasteiger partial charge in [0.05, 0.1) is 18.8 Å². The van der Waals surface area contributed by atoms with Crippen LogP contribution in [0.4, 0.5) is 0 Å². The van der Waals surface area contributed by atoms with Gasteiger partial charge in [-0.05, 0) is 39.0 Å². The van der Waals surface area contributed by atoms with Crippen molar-refractivity contribution in [2.45, 2.75) is 77.2 Å². The Morgan fingerprint density at radius 2 is 2.00 bits per heavy atom. The SMILES string of the molecule is CCOC(=O)C(CCOC1CCCC(OC)C1)NC(C)C. The summed E-state index contributed by atoms with van der Waals surface area (Å²) < 4.78 is 16.4. The molecule has 3 unspecified atom stereocenters. The van der Waals surface area contributed by atoms with E-state index in [0.717, 1.165) is 25.7 Å². The zero-order valence-electron chi connectivity index (χ0n) is 13.9. The van der Waals surface area contributed by atoms with E-state index in [2.05, 4.69) is 5.32 Å². The summed E-state index contributed by atoms with van der Waals surface area (Å²) >= 11 is 0. The molecule has 1 saturated carbocycles. The molecule has 124 valence electrons. The standard InChI is InChI=1S/C16H31NO4/c1-5-20-16(18)15(17-12(2)3)9-10-21-14-8-6-7-13(11-14)19-4/h12-15,17H,5-11H2,1-4H3. The molecule has 5 nitrogen and oxygen atoms in total. The second kappa shape index (κ2) is 10.1. The van der Waals surface area contributed by atoms with Crippen LogP contribution >= 0.6 is 0 Å². The van der Waals surface area contributed by atoms with E-state index in [4.69, 9.17) is 14.2 Å². The van der Waals surface area contributed by atoms with Crippen molar-refractivity contribution in [2.75, 3.05) is 20.3 Å². The predicted octanol–water partition coefficient (Wildman–Crippen LogP) is 2.28. The molecule has 21 heavy (non-hydrogen) atoms. The summed E-state index contributed by atoms with van der Waals surface area (Å²) in [5.41, 5.74) is 0. The number of methoxy groups -OCH3 is 1. The van der Waals surface area contributed by atoms with E-state index < -0.39 is 0 Å². The van der Waals surface area contributed by atoms with E-state index >= 15 is 0 Å². The third-order valence-corrected chi connectivity index (χ3v) is 3.78. The molecule has 0 aromatic heterocycles. The zero-order valence-corrected chi connectivity index (χ0v) is 13.9. The molecule has 1 fully saturated rings. The summed E-state index contributed by atoms with van der Waals surface area (Å²) in [4.78, 5) is 11.9.